The average Bonchev–Trinajstić information content (AvgIpc) is 3.40. The molecule has 3 aromatic rings. The van der Waals surface area contributed by atoms with Crippen LogP contribution in [0.4, 0.5) is 5.69 Å². The third-order valence-electron chi connectivity index (χ3n) is 3.92. The summed E-state index contributed by atoms with van der Waals surface area (Å²) in [6.45, 7) is -0.197. The molecule has 0 fully saturated rings. The summed E-state index contributed by atoms with van der Waals surface area (Å²) in [5.41, 5.74) is -0.991. The van der Waals surface area contributed by atoms with Crippen molar-refractivity contribution in [1.29, 1.82) is 0 Å². The number of rotatable bonds is 6. The maximum absolute atomic E-state index is 12.3. The van der Waals surface area contributed by atoms with Crippen LogP contribution in [0.1, 0.15) is 10.6 Å². The van der Waals surface area contributed by atoms with Crippen molar-refractivity contribution in [2.75, 3.05) is 18.1 Å². The minimum atomic E-state index is -1.55. The van der Waals surface area contributed by atoms with Gasteiger partial charge in [-0.1, -0.05) is 18.2 Å². The zero-order valence-corrected chi connectivity index (χ0v) is 16.1. The van der Waals surface area contributed by atoms with Crippen LogP contribution in [0.15, 0.2) is 69.5 Å². The van der Waals surface area contributed by atoms with Crippen molar-refractivity contribution in [3.63, 3.8) is 0 Å². The van der Waals surface area contributed by atoms with Crippen LogP contribution in [0.3, 0.4) is 0 Å². The molecule has 1 aromatic carbocycles. The number of furan rings is 1. The van der Waals surface area contributed by atoms with E-state index in [9.17, 15) is 14.7 Å². The fourth-order valence-corrected chi connectivity index (χ4v) is 3.92. The summed E-state index contributed by atoms with van der Waals surface area (Å²) in [5.74, 6) is -1.35. The van der Waals surface area contributed by atoms with Crippen LogP contribution in [-0.2, 0) is 15.2 Å². The minimum absolute atomic E-state index is 0.197. The van der Waals surface area contributed by atoms with E-state index in [0.717, 1.165) is 4.90 Å². The highest BCUT2D eigenvalue weighted by molar-refractivity contribution is 7.98. The quantitative estimate of drug-likeness (QED) is 0.435. The van der Waals surface area contributed by atoms with E-state index in [1.165, 1.54) is 29.4 Å². The van der Waals surface area contributed by atoms with Gasteiger partial charge in [0, 0.05) is 9.77 Å². The number of carbonyl (C=O) groups is 2. The molecule has 8 heteroatoms. The van der Waals surface area contributed by atoms with Crippen molar-refractivity contribution in [3.05, 3.63) is 70.8 Å². The molecule has 27 heavy (non-hydrogen) atoms. The molecule has 0 bridgehead atoms. The lowest BCUT2D eigenvalue weighted by molar-refractivity contribution is -0.136. The molecule has 0 saturated heterocycles. The second-order valence-electron chi connectivity index (χ2n) is 5.65. The monoisotopic (exact) mass is 402 g/mol. The van der Waals surface area contributed by atoms with Gasteiger partial charge >= 0.3 is 11.8 Å². The van der Waals surface area contributed by atoms with Gasteiger partial charge < -0.3 is 20.2 Å². The minimum Gasteiger partial charge on any atom is -0.466 e. The Bertz CT molecular complexity index is 873. The molecule has 3 N–H and O–H groups in total. The molecule has 0 aliphatic rings. The summed E-state index contributed by atoms with van der Waals surface area (Å²) in [4.78, 5) is 26.0. The third-order valence-corrected chi connectivity index (χ3v) is 5.74. The van der Waals surface area contributed by atoms with Gasteiger partial charge in [0.15, 0.2) is 5.60 Å². The van der Waals surface area contributed by atoms with E-state index in [2.05, 4.69) is 10.6 Å². The maximum Gasteiger partial charge on any atom is 0.313 e. The molecular weight excluding hydrogens is 384 g/mol. The van der Waals surface area contributed by atoms with Crippen LogP contribution < -0.4 is 10.6 Å². The molecule has 2 amide bonds. The molecule has 0 radical (unpaired) electrons. The first kappa shape index (κ1) is 19.2. The van der Waals surface area contributed by atoms with Crippen LogP contribution in [0.25, 0.3) is 0 Å². The van der Waals surface area contributed by atoms with E-state index in [1.807, 2.05) is 23.8 Å². The maximum atomic E-state index is 12.3. The van der Waals surface area contributed by atoms with Gasteiger partial charge in [0.05, 0.1) is 18.5 Å². The first-order chi connectivity index (χ1) is 13.0. The number of hydrogen-bond donors (Lipinski definition) is 3. The van der Waals surface area contributed by atoms with Crippen molar-refractivity contribution < 1.29 is 19.1 Å². The number of nitrogens with one attached hydrogen (secondary N) is 2. The highest BCUT2D eigenvalue weighted by Crippen LogP contribution is 2.32. The Hall–Kier alpha value is -2.55. The molecule has 0 aliphatic carbocycles. The number of hydrogen-bond acceptors (Lipinski definition) is 6. The number of carbonyl (C=O) groups excluding carboxylic acids is 2. The van der Waals surface area contributed by atoms with Crippen molar-refractivity contribution in [2.24, 2.45) is 0 Å². The number of para-hydroxylation sites is 1. The second kappa shape index (κ2) is 8.43. The van der Waals surface area contributed by atoms with Gasteiger partial charge in [-0.25, -0.2) is 0 Å². The lowest BCUT2D eigenvalue weighted by Gasteiger charge is -2.25. The first-order valence-electron chi connectivity index (χ1n) is 8.07. The Labute approximate surface area is 164 Å². The second-order valence-corrected chi connectivity index (χ2v) is 7.45. The Morgan fingerprint density at radius 2 is 1.96 bits per heavy atom. The summed E-state index contributed by atoms with van der Waals surface area (Å²) >= 11 is 2.80. The van der Waals surface area contributed by atoms with E-state index in [-0.39, 0.29) is 6.54 Å². The van der Waals surface area contributed by atoms with Gasteiger partial charge in [-0.15, -0.1) is 23.1 Å². The third kappa shape index (κ3) is 4.24. The molecule has 1 atom stereocenters. The fourth-order valence-electron chi connectivity index (χ4n) is 2.54. The summed E-state index contributed by atoms with van der Waals surface area (Å²) < 4.78 is 5.34. The molecule has 6 nitrogen and oxygen atoms in total. The molecule has 0 unspecified atom stereocenters. The van der Waals surface area contributed by atoms with Crippen molar-refractivity contribution in [1.82, 2.24) is 5.32 Å². The number of anilines is 1. The number of aliphatic hydroxyl groups is 1. The Morgan fingerprint density at radius 3 is 2.63 bits per heavy atom. The highest BCUT2D eigenvalue weighted by Gasteiger charge is 2.36. The van der Waals surface area contributed by atoms with E-state index >= 15 is 0 Å². The molecular formula is C19H18N2O4S2. The van der Waals surface area contributed by atoms with Gasteiger partial charge in [0.2, 0.25) is 0 Å². The van der Waals surface area contributed by atoms with Gasteiger partial charge in [0.1, 0.15) is 5.76 Å². The van der Waals surface area contributed by atoms with Crippen molar-refractivity contribution in [2.45, 2.75) is 10.5 Å². The summed E-state index contributed by atoms with van der Waals surface area (Å²) in [5, 5.41) is 18.0. The predicted octanol–water partition coefficient (Wildman–Crippen LogP) is 3.05. The van der Waals surface area contributed by atoms with Crippen LogP contribution >= 0.6 is 23.1 Å². The molecule has 140 valence electrons. The van der Waals surface area contributed by atoms with Crippen LogP contribution in [0.5, 0.6) is 0 Å². The van der Waals surface area contributed by atoms with Gasteiger partial charge in [0.25, 0.3) is 0 Å². The average molecular weight is 402 g/mol. The van der Waals surface area contributed by atoms with Crippen LogP contribution in [0, 0.1) is 0 Å². The SMILES string of the molecule is CSc1ccccc1NC(=O)C(=O)NC[C@](O)(c1ccco1)c1cccs1. The highest BCUT2D eigenvalue weighted by atomic mass is 32.2. The van der Waals surface area contributed by atoms with Crippen LogP contribution in [-0.4, -0.2) is 29.7 Å². The zero-order valence-electron chi connectivity index (χ0n) is 14.5. The Balaban J connectivity index is 1.70. The number of benzene rings is 1. The summed E-state index contributed by atoms with van der Waals surface area (Å²) in [7, 11) is 0. The van der Waals surface area contributed by atoms with E-state index in [1.54, 1.807) is 36.4 Å². The summed E-state index contributed by atoms with van der Waals surface area (Å²) in [6.07, 6.45) is 3.33. The Morgan fingerprint density at radius 1 is 1.15 bits per heavy atom. The molecule has 2 aromatic heterocycles. The molecule has 0 aliphatic heterocycles. The molecule has 0 spiro atoms. The van der Waals surface area contributed by atoms with Crippen molar-refractivity contribution >= 4 is 40.6 Å². The normalized spacial score (nSPS) is 13.0. The topological polar surface area (TPSA) is 91.6 Å². The van der Waals surface area contributed by atoms with E-state index < -0.39 is 17.4 Å². The van der Waals surface area contributed by atoms with E-state index in [0.29, 0.717) is 16.3 Å². The van der Waals surface area contributed by atoms with Gasteiger partial charge in [-0.05, 0) is 42.0 Å². The van der Waals surface area contributed by atoms with Crippen LogP contribution in [0.2, 0.25) is 0 Å². The largest absolute Gasteiger partial charge is 0.466 e. The number of thioether (sulfide) groups is 1. The standard InChI is InChI=1S/C19H18N2O4S2/c1-26-14-7-3-2-6-13(14)21-18(23)17(22)20-12-19(24,15-8-4-10-25-15)16-9-5-11-27-16/h2-11,24H,12H2,1H3,(H,20,22)(H,21,23)/t19-/m0/s1. The number of thiophene rings is 1. The van der Waals surface area contributed by atoms with Gasteiger partial charge in [-0.2, -0.15) is 0 Å². The van der Waals surface area contributed by atoms with E-state index in [4.69, 9.17) is 4.42 Å². The summed E-state index contributed by atoms with van der Waals surface area (Å²) in [6, 6.07) is 14.0. The lowest BCUT2D eigenvalue weighted by atomic mass is 9.98. The molecule has 0 saturated carbocycles. The molecule has 2 heterocycles. The number of amides is 2. The van der Waals surface area contributed by atoms with Crippen molar-refractivity contribution in [3.8, 4) is 0 Å². The first-order valence-corrected chi connectivity index (χ1v) is 10.2. The fraction of sp³-hybridized carbons (Fsp3) is 0.158. The molecule has 3 rings (SSSR count). The lowest BCUT2D eigenvalue weighted by Crippen LogP contribution is -2.44. The smallest absolute Gasteiger partial charge is 0.313 e. The predicted molar refractivity (Wildman–Crippen MR) is 106 cm³/mol. The Kier molecular flexibility index (Phi) is 6.00. The zero-order chi connectivity index (χ0) is 19.3. The van der Waals surface area contributed by atoms with Gasteiger partial charge in [-0.3, -0.25) is 9.59 Å².